The molecule has 0 unspecified atom stereocenters. The van der Waals surface area contributed by atoms with Crippen LogP contribution in [-0.2, 0) is 4.74 Å². The minimum Gasteiger partial charge on any atom is -0.378 e. The fourth-order valence-electron chi connectivity index (χ4n) is 1.76. The first kappa shape index (κ1) is 10.2. The average molecular weight is 236 g/mol. The van der Waals surface area contributed by atoms with Crippen LogP contribution in [0.15, 0.2) is 4.63 Å². The van der Waals surface area contributed by atoms with Crippen molar-refractivity contribution >= 4 is 5.82 Å². The summed E-state index contributed by atoms with van der Waals surface area (Å²) in [6.07, 6.45) is 0. The van der Waals surface area contributed by atoms with E-state index in [1.807, 2.05) is 6.92 Å². The quantitative estimate of drug-likeness (QED) is 0.784. The minimum atomic E-state index is 0.505. The molecule has 0 spiro atoms. The van der Waals surface area contributed by atoms with Gasteiger partial charge in [-0.25, -0.2) is 9.61 Å². The molecule has 1 N–H and O–H groups in total. The van der Waals surface area contributed by atoms with Crippen molar-refractivity contribution in [2.75, 3.05) is 31.2 Å². The Morgan fingerprint density at radius 2 is 2.06 bits per heavy atom. The van der Waals surface area contributed by atoms with E-state index in [0.29, 0.717) is 30.5 Å². The predicted molar refractivity (Wildman–Crippen MR) is 57.4 cm³/mol. The SMILES string of the molecule is Cc1nc(-c2nonc2N2CCOCC2)n[nH]1. The molecule has 0 aromatic carbocycles. The highest BCUT2D eigenvalue weighted by molar-refractivity contribution is 5.65. The number of aromatic amines is 1. The van der Waals surface area contributed by atoms with E-state index < -0.39 is 0 Å². The van der Waals surface area contributed by atoms with Gasteiger partial charge < -0.3 is 9.64 Å². The van der Waals surface area contributed by atoms with Gasteiger partial charge in [0.25, 0.3) is 0 Å². The number of H-pyrrole nitrogens is 1. The zero-order valence-corrected chi connectivity index (χ0v) is 9.38. The summed E-state index contributed by atoms with van der Waals surface area (Å²) in [6.45, 7) is 4.73. The van der Waals surface area contributed by atoms with Crippen LogP contribution in [0.1, 0.15) is 5.82 Å². The zero-order valence-electron chi connectivity index (χ0n) is 9.38. The predicted octanol–water partition coefficient (Wildman–Crippen LogP) is -0.000280. The molecule has 2 aromatic rings. The molecule has 0 amide bonds. The Bertz CT molecular complexity index is 501. The number of anilines is 1. The number of morpholine rings is 1. The third-order valence-corrected chi connectivity index (χ3v) is 2.59. The molecule has 90 valence electrons. The molecule has 17 heavy (non-hydrogen) atoms. The molecule has 3 heterocycles. The lowest BCUT2D eigenvalue weighted by Gasteiger charge is -2.26. The van der Waals surface area contributed by atoms with E-state index in [1.54, 1.807) is 0 Å². The van der Waals surface area contributed by atoms with Crippen LogP contribution < -0.4 is 4.90 Å². The number of nitrogens with zero attached hydrogens (tertiary/aromatic N) is 5. The summed E-state index contributed by atoms with van der Waals surface area (Å²) in [5.74, 6) is 1.91. The highest BCUT2D eigenvalue weighted by Gasteiger charge is 2.23. The van der Waals surface area contributed by atoms with Crippen LogP contribution >= 0.6 is 0 Å². The lowest BCUT2D eigenvalue weighted by molar-refractivity contribution is 0.122. The average Bonchev–Trinajstić information content (AvgIpc) is 2.98. The zero-order chi connectivity index (χ0) is 11.7. The number of ether oxygens (including phenoxy) is 1. The third kappa shape index (κ3) is 1.86. The number of hydrogen-bond donors (Lipinski definition) is 1. The van der Waals surface area contributed by atoms with Gasteiger partial charge in [0.1, 0.15) is 5.82 Å². The molecule has 1 aliphatic heterocycles. The fourth-order valence-corrected chi connectivity index (χ4v) is 1.76. The van der Waals surface area contributed by atoms with Crippen molar-refractivity contribution in [1.29, 1.82) is 0 Å². The first-order chi connectivity index (χ1) is 8.34. The lowest BCUT2D eigenvalue weighted by atomic mass is 10.3. The Hall–Kier alpha value is -1.96. The molecule has 1 saturated heterocycles. The van der Waals surface area contributed by atoms with Crippen LogP contribution in [0.5, 0.6) is 0 Å². The van der Waals surface area contributed by atoms with Crippen molar-refractivity contribution in [3.8, 4) is 11.5 Å². The molecule has 3 rings (SSSR count). The van der Waals surface area contributed by atoms with Crippen LogP contribution in [0.2, 0.25) is 0 Å². The van der Waals surface area contributed by atoms with Crippen LogP contribution in [0.3, 0.4) is 0 Å². The fraction of sp³-hybridized carbons (Fsp3) is 0.556. The first-order valence-corrected chi connectivity index (χ1v) is 5.39. The maximum absolute atomic E-state index is 5.29. The Morgan fingerprint density at radius 3 is 2.76 bits per heavy atom. The monoisotopic (exact) mass is 236 g/mol. The summed E-state index contributed by atoms with van der Waals surface area (Å²) in [4.78, 5) is 6.28. The van der Waals surface area contributed by atoms with E-state index in [4.69, 9.17) is 9.37 Å². The van der Waals surface area contributed by atoms with Crippen LogP contribution in [-0.4, -0.2) is 51.8 Å². The maximum Gasteiger partial charge on any atom is 0.207 e. The van der Waals surface area contributed by atoms with Gasteiger partial charge in [0.05, 0.1) is 13.2 Å². The van der Waals surface area contributed by atoms with Gasteiger partial charge in [-0.15, -0.1) is 0 Å². The largest absolute Gasteiger partial charge is 0.378 e. The maximum atomic E-state index is 5.29. The van der Waals surface area contributed by atoms with Gasteiger partial charge in [-0.05, 0) is 17.2 Å². The Kier molecular flexibility index (Phi) is 2.48. The third-order valence-electron chi connectivity index (χ3n) is 2.59. The van der Waals surface area contributed by atoms with Crippen LogP contribution in [0, 0.1) is 6.92 Å². The molecule has 1 aliphatic rings. The second-order valence-corrected chi connectivity index (χ2v) is 3.78. The number of aryl methyl sites for hydroxylation is 1. The molecule has 0 atom stereocenters. The van der Waals surface area contributed by atoms with Gasteiger partial charge in [-0.3, -0.25) is 5.10 Å². The van der Waals surface area contributed by atoms with Gasteiger partial charge in [0.15, 0.2) is 5.69 Å². The van der Waals surface area contributed by atoms with E-state index in [9.17, 15) is 0 Å². The number of rotatable bonds is 2. The summed E-state index contributed by atoms with van der Waals surface area (Å²) in [7, 11) is 0. The van der Waals surface area contributed by atoms with E-state index >= 15 is 0 Å². The van der Waals surface area contributed by atoms with E-state index in [1.165, 1.54) is 0 Å². The Balaban J connectivity index is 1.93. The highest BCUT2D eigenvalue weighted by atomic mass is 16.6. The standard InChI is InChI=1S/C9H12N6O2/c1-6-10-8(12-11-6)7-9(14-17-13-7)15-2-4-16-5-3-15/h2-5H2,1H3,(H,10,11,12). The van der Waals surface area contributed by atoms with Crippen molar-refractivity contribution < 1.29 is 9.37 Å². The van der Waals surface area contributed by atoms with Gasteiger partial charge >= 0.3 is 0 Å². The second-order valence-electron chi connectivity index (χ2n) is 3.78. The number of hydrogen-bond acceptors (Lipinski definition) is 7. The molecule has 2 aromatic heterocycles. The number of aromatic nitrogens is 5. The topological polar surface area (TPSA) is 93.0 Å². The molecule has 8 nitrogen and oxygen atoms in total. The molecule has 1 fully saturated rings. The van der Waals surface area contributed by atoms with Gasteiger partial charge in [0.2, 0.25) is 11.6 Å². The van der Waals surface area contributed by atoms with Gasteiger partial charge in [-0.2, -0.15) is 5.10 Å². The van der Waals surface area contributed by atoms with E-state index in [0.717, 1.165) is 18.9 Å². The number of nitrogens with one attached hydrogen (secondary N) is 1. The van der Waals surface area contributed by atoms with Crippen molar-refractivity contribution in [2.45, 2.75) is 6.92 Å². The van der Waals surface area contributed by atoms with Crippen molar-refractivity contribution in [3.63, 3.8) is 0 Å². The summed E-state index contributed by atoms with van der Waals surface area (Å²) in [6, 6.07) is 0. The van der Waals surface area contributed by atoms with Crippen LogP contribution in [0.25, 0.3) is 11.5 Å². The molecule has 0 bridgehead atoms. The molecule has 8 heteroatoms. The van der Waals surface area contributed by atoms with Crippen molar-refractivity contribution in [2.24, 2.45) is 0 Å². The minimum absolute atomic E-state index is 0.505. The van der Waals surface area contributed by atoms with E-state index in [2.05, 4.69) is 30.4 Å². The molecule has 0 radical (unpaired) electrons. The second kappa shape index (κ2) is 4.13. The van der Waals surface area contributed by atoms with Gasteiger partial charge in [0, 0.05) is 13.1 Å². The summed E-state index contributed by atoms with van der Waals surface area (Å²) >= 11 is 0. The van der Waals surface area contributed by atoms with Crippen molar-refractivity contribution in [3.05, 3.63) is 5.82 Å². The van der Waals surface area contributed by atoms with Crippen LogP contribution in [0.4, 0.5) is 5.82 Å². The molecular formula is C9H12N6O2. The van der Waals surface area contributed by atoms with Crippen molar-refractivity contribution in [1.82, 2.24) is 25.5 Å². The van der Waals surface area contributed by atoms with E-state index in [-0.39, 0.29) is 0 Å². The normalized spacial score (nSPS) is 16.4. The van der Waals surface area contributed by atoms with Gasteiger partial charge in [-0.1, -0.05) is 0 Å². The molecule has 0 saturated carbocycles. The summed E-state index contributed by atoms with van der Waals surface area (Å²) < 4.78 is 10.1. The lowest BCUT2D eigenvalue weighted by Crippen LogP contribution is -2.36. The molecule has 0 aliphatic carbocycles. The smallest absolute Gasteiger partial charge is 0.207 e. The summed E-state index contributed by atoms with van der Waals surface area (Å²) in [5.41, 5.74) is 0.566. The first-order valence-electron chi connectivity index (χ1n) is 5.39. The Labute approximate surface area is 96.9 Å². The molecular weight excluding hydrogens is 224 g/mol. The Morgan fingerprint density at radius 1 is 1.24 bits per heavy atom. The highest BCUT2D eigenvalue weighted by Crippen LogP contribution is 2.24. The summed E-state index contributed by atoms with van der Waals surface area (Å²) in [5, 5.41) is 14.6.